The second-order valence-corrected chi connectivity index (χ2v) is 5.18. The smallest absolute Gasteiger partial charge is 0.190 e. The van der Waals surface area contributed by atoms with Crippen LogP contribution in [0.15, 0.2) is 48.5 Å². The summed E-state index contributed by atoms with van der Waals surface area (Å²) in [6.45, 7) is 1.69. The molecule has 0 aliphatic heterocycles. The van der Waals surface area contributed by atoms with Crippen LogP contribution in [0.4, 0.5) is 0 Å². The van der Waals surface area contributed by atoms with Crippen LogP contribution in [0.1, 0.15) is 22.8 Å². The second-order valence-electron chi connectivity index (χ2n) is 4.74. The molecule has 0 saturated carbocycles. The van der Waals surface area contributed by atoms with Crippen molar-refractivity contribution < 1.29 is 9.53 Å². The molecule has 104 valence electrons. The summed E-state index contributed by atoms with van der Waals surface area (Å²) in [6.07, 6.45) is 0. The lowest BCUT2D eigenvalue weighted by atomic mass is 9.85. The predicted octanol–water partition coefficient (Wildman–Crippen LogP) is 3.41. The number of methoxy groups -OCH3 is 1. The molecule has 4 heteroatoms. The van der Waals surface area contributed by atoms with Crippen LogP contribution in [0.3, 0.4) is 0 Å². The lowest BCUT2D eigenvalue weighted by molar-refractivity contribution is 0.0896. The van der Waals surface area contributed by atoms with Gasteiger partial charge in [0.1, 0.15) is 11.3 Å². The molecule has 0 aromatic heterocycles. The minimum atomic E-state index is -1.14. The summed E-state index contributed by atoms with van der Waals surface area (Å²) >= 11 is 5.97. The molecule has 0 amide bonds. The molecule has 0 spiro atoms. The summed E-state index contributed by atoms with van der Waals surface area (Å²) in [5.41, 5.74) is 6.23. The monoisotopic (exact) mass is 289 g/mol. The molecular weight excluding hydrogens is 274 g/mol. The topological polar surface area (TPSA) is 52.3 Å². The number of halogens is 1. The summed E-state index contributed by atoms with van der Waals surface area (Å²) < 4.78 is 5.22. The zero-order chi connectivity index (χ0) is 14.8. The van der Waals surface area contributed by atoms with Gasteiger partial charge >= 0.3 is 0 Å². The Morgan fingerprint density at radius 2 is 1.85 bits per heavy atom. The van der Waals surface area contributed by atoms with Crippen LogP contribution in [0.2, 0.25) is 5.02 Å². The van der Waals surface area contributed by atoms with E-state index in [-0.39, 0.29) is 5.78 Å². The lowest BCUT2D eigenvalue weighted by Gasteiger charge is -2.24. The van der Waals surface area contributed by atoms with E-state index in [1.165, 1.54) is 7.11 Å². The molecule has 2 rings (SSSR count). The van der Waals surface area contributed by atoms with Gasteiger partial charge < -0.3 is 10.5 Å². The van der Waals surface area contributed by atoms with Crippen LogP contribution < -0.4 is 10.5 Å². The van der Waals surface area contributed by atoms with Crippen LogP contribution >= 0.6 is 11.6 Å². The standard InChI is InChI=1S/C16H16ClNO2/c1-16(18,11-6-4-3-5-7-11)15(19)13-10-12(17)8-9-14(13)20-2/h3-10H,18H2,1-2H3. The normalized spacial score (nSPS) is 13.6. The van der Waals surface area contributed by atoms with Crippen molar-refractivity contribution in [2.45, 2.75) is 12.5 Å². The number of benzene rings is 2. The van der Waals surface area contributed by atoms with Crippen LogP contribution in [0.5, 0.6) is 5.75 Å². The van der Waals surface area contributed by atoms with E-state index >= 15 is 0 Å². The predicted molar refractivity (Wildman–Crippen MR) is 80.3 cm³/mol. The number of Topliss-reactive ketones (excluding diaryl/α,β-unsaturated/α-hetero) is 1. The van der Waals surface area contributed by atoms with Gasteiger partial charge in [-0.15, -0.1) is 0 Å². The number of carbonyl (C=O) groups excluding carboxylic acids is 1. The molecule has 2 N–H and O–H groups in total. The fourth-order valence-corrected chi connectivity index (χ4v) is 2.22. The first-order valence-corrected chi connectivity index (χ1v) is 6.57. The van der Waals surface area contributed by atoms with Gasteiger partial charge in [0.25, 0.3) is 0 Å². The maximum Gasteiger partial charge on any atom is 0.190 e. The summed E-state index contributed by atoms with van der Waals surface area (Å²) in [5, 5.41) is 0.470. The molecule has 0 aliphatic rings. The van der Waals surface area contributed by atoms with Crippen LogP contribution in [0.25, 0.3) is 0 Å². The van der Waals surface area contributed by atoms with E-state index in [0.29, 0.717) is 16.3 Å². The molecule has 0 heterocycles. The quantitative estimate of drug-likeness (QED) is 0.878. The molecule has 3 nitrogen and oxygen atoms in total. The number of rotatable bonds is 4. The maximum absolute atomic E-state index is 12.7. The van der Waals surface area contributed by atoms with E-state index in [4.69, 9.17) is 22.1 Å². The highest BCUT2D eigenvalue weighted by molar-refractivity contribution is 6.31. The number of hydrogen-bond donors (Lipinski definition) is 1. The molecule has 0 aliphatic carbocycles. The second kappa shape index (κ2) is 5.65. The zero-order valence-electron chi connectivity index (χ0n) is 11.4. The third kappa shape index (κ3) is 2.69. The number of ketones is 1. The third-order valence-corrected chi connectivity index (χ3v) is 3.49. The van der Waals surface area contributed by atoms with Gasteiger partial charge in [0.05, 0.1) is 12.7 Å². The number of ether oxygens (including phenoxy) is 1. The molecule has 2 aromatic carbocycles. The van der Waals surface area contributed by atoms with Crippen molar-refractivity contribution in [2.24, 2.45) is 5.73 Å². The molecule has 0 radical (unpaired) electrons. The van der Waals surface area contributed by atoms with Gasteiger partial charge in [0.2, 0.25) is 0 Å². The largest absolute Gasteiger partial charge is 0.496 e. The number of carbonyl (C=O) groups is 1. The SMILES string of the molecule is COc1ccc(Cl)cc1C(=O)C(C)(N)c1ccccc1. The fraction of sp³-hybridized carbons (Fsp3) is 0.188. The summed E-state index contributed by atoms with van der Waals surface area (Å²) in [7, 11) is 1.51. The van der Waals surface area contributed by atoms with Gasteiger partial charge in [-0.3, -0.25) is 4.79 Å². The molecule has 0 fully saturated rings. The minimum Gasteiger partial charge on any atom is -0.496 e. The summed E-state index contributed by atoms with van der Waals surface area (Å²) in [6, 6.07) is 14.2. The number of hydrogen-bond acceptors (Lipinski definition) is 3. The van der Waals surface area contributed by atoms with E-state index < -0.39 is 5.54 Å². The van der Waals surface area contributed by atoms with Gasteiger partial charge in [0, 0.05) is 5.02 Å². The third-order valence-electron chi connectivity index (χ3n) is 3.25. The van der Waals surface area contributed by atoms with E-state index in [1.54, 1.807) is 25.1 Å². The van der Waals surface area contributed by atoms with Gasteiger partial charge in [-0.2, -0.15) is 0 Å². The average Bonchev–Trinajstić information content (AvgIpc) is 2.47. The van der Waals surface area contributed by atoms with Gasteiger partial charge in [-0.05, 0) is 30.7 Å². The zero-order valence-corrected chi connectivity index (χ0v) is 12.1. The van der Waals surface area contributed by atoms with E-state index in [9.17, 15) is 4.79 Å². The molecular formula is C16H16ClNO2. The molecule has 0 saturated heterocycles. The van der Waals surface area contributed by atoms with Gasteiger partial charge in [-0.1, -0.05) is 41.9 Å². The molecule has 1 unspecified atom stereocenters. The van der Waals surface area contributed by atoms with E-state index in [2.05, 4.69) is 0 Å². The van der Waals surface area contributed by atoms with Crippen molar-refractivity contribution in [2.75, 3.05) is 7.11 Å². The van der Waals surface area contributed by atoms with E-state index in [0.717, 1.165) is 5.56 Å². The lowest BCUT2D eigenvalue weighted by Crippen LogP contribution is -2.42. The Kier molecular flexibility index (Phi) is 4.12. The fourth-order valence-electron chi connectivity index (χ4n) is 2.05. The molecule has 1 atom stereocenters. The Balaban J connectivity index is 2.48. The Bertz CT molecular complexity index is 624. The first-order chi connectivity index (χ1) is 9.46. The van der Waals surface area contributed by atoms with Crippen molar-refractivity contribution in [3.8, 4) is 5.75 Å². The molecule has 2 aromatic rings. The minimum absolute atomic E-state index is 0.233. The summed E-state index contributed by atoms with van der Waals surface area (Å²) in [5.74, 6) is 0.232. The van der Waals surface area contributed by atoms with Crippen molar-refractivity contribution in [1.29, 1.82) is 0 Å². The first kappa shape index (κ1) is 14.6. The Hall–Kier alpha value is -1.84. The summed E-state index contributed by atoms with van der Waals surface area (Å²) in [4.78, 5) is 12.7. The van der Waals surface area contributed by atoms with Crippen LogP contribution in [0, 0.1) is 0 Å². The molecule has 20 heavy (non-hydrogen) atoms. The van der Waals surface area contributed by atoms with Crippen molar-refractivity contribution in [1.82, 2.24) is 0 Å². The van der Waals surface area contributed by atoms with Crippen LogP contribution in [-0.2, 0) is 5.54 Å². The number of nitrogens with two attached hydrogens (primary N) is 1. The Morgan fingerprint density at radius 3 is 2.45 bits per heavy atom. The van der Waals surface area contributed by atoms with Crippen molar-refractivity contribution >= 4 is 17.4 Å². The maximum atomic E-state index is 12.7. The highest BCUT2D eigenvalue weighted by atomic mass is 35.5. The first-order valence-electron chi connectivity index (χ1n) is 6.19. The van der Waals surface area contributed by atoms with Crippen LogP contribution in [-0.4, -0.2) is 12.9 Å². The highest BCUT2D eigenvalue weighted by Crippen LogP contribution is 2.29. The Morgan fingerprint density at radius 1 is 1.20 bits per heavy atom. The van der Waals surface area contributed by atoms with Gasteiger partial charge in [-0.25, -0.2) is 0 Å². The highest BCUT2D eigenvalue weighted by Gasteiger charge is 2.33. The van der Waals surface area contributed by atoms with Crippen molar-refractivity contribution in [3.05, 3.63) is 64.7 Å². The average molecular weight is 290 g/mol. The van der Waals surface area contributed by atoms with E-state index in [1.807, 2.05) is 30.3 Å². The van der Waals surface area contributed by atoms with Gasteiger partial charge in [0.15, 0.2) is 5.78 Å². The Labute approximate surface area is 123 Å². The van der Waals surface area contributed by atoms with Crippen molar-refractivity contribution in [3.63, 3.8) is 0 Å². The molecule has 0 bridgehead atoms.